The molecule has 18 heavy (non-hydrogen) atoms. The van der Waals surface area contributed by atoms with Crippen LogP contribution in [0.4, 0.5) is 13.2 Å². The summed E-state index contributed by atoms with van der Waals surface area (Å²) in [5, 5.41) is 9.54. The van der Waals surface area contributed by atoms with E-state index in [-0.39, 0.29) is 18.8 Å². The zero-order valence-electron chi connectivity index (χ0n) is 9.71. The van der Waals surface area contributed by atoms with Crippen molar-refractivity contribution >= 4 is 22.9 Å². The normalized spacial score (nSPS) is 25.3. The summed E-state index contributed by atoms with van der Waals surface area (Å²) in [5.41, 5.74) is 0. The molecule has 0 saturated heterocycles. The zero-order valence-corrected chi connectivity index (χ0v) is 11.3. The maximum Gasteiger partial charge on any atom is 0.391 e. The summed E-state index contributed by atoms with van der Waals surface area (Å²) >= 11 is 7.01. The molecule has 1 aromatic rings. The summed E-state index contributed by atoms with van der Waals surface area (Å²) in [6, 6.07) is 0. The van der Waals surface area contributed by atoms with Crippen molar-refractivity contribution in [3.05, 3.63) is 10.0 Å². The second-order valence-corrected chi connectivity index (χ2v) is 6.05. The Morgan fingerprint density at radius 3 is 2.72 bits per heavy atom. The molecule has 2 atom stereocenters. The molecule has 2 nitrogen and oxygen atoms in total. The molecule has 1 heterocycles. The smallest absolute Gasteiger partial charge is 0.171 e. The van der Waals surface area contributed by atoms with Crippen molar-refractivity contribution in [2.24, 2.45) is 5.92 Å². The van der Waals surface area contributed by atoms with Gasteiger partial charge in [-0.3, -0.25) is 0 Å². The number of hydrogen-bond donors (Lipinski definition) is 0. The van der Waals surface area contributed by atoms with E-state index in [0.717, 1.165) is 16.4 Å². The van der Waals surface area contributed by atoms with Crippen molar-refractivity contribution in [3.8, 4) is 0 Å². The molecule has 0 radical (unpaired) electrons. The van der Waals surface area contributed by atoms with Gasteiger partial charge in [0.15, 0.2) is 0 Å². The Labute approximate surface area is 113 Å². The molecule has 7 heteroatoms. The lowest BCUT2D eigenvalue weighted by atomic mass is 9.81. The van der Waals surface area contributed by atoms with Crippen molar-refractivity contribution in [2.75, 3.05) is 5.88 Å². The molecule has 0 bridgehead atoms. The van der Waals surface area contributed by atoms with Crippen LogP contribution in [0.1, 0.15) is 41.6 Å². The highest BCUT2D eigenvalue weighted by atomic mass is 35.5. The molecule has 0 amide bonds. The SMILES string of the molecule is FC(F)(F)C1CCCC(c2nnc(CCCl)s2)C1. The molecule has 0 aromatic carbocycles. The molecule has 1 aromatic heterocycles. The minimum absolute atomic E-state index is 0.0908. The molecule has 1 saturated carbocycles. The predicted molar refractivity (Wildman–Crippen MR) is 65.1 cm³/mol. The number of alkyl halides is 4. The van der Waals surface area contributed by atoms with E-state index in [1.807, 2.05) is 0 Å². The van der Waals surface area contributed by atoms with Crippen LogP contribution < -0.4 is 0 Å². The van der Waals surface area contributed by atoms with E-state index in [9.17, 15) is 13.2 Å². The average Bonchev–Trinajstić information content (AvgIpc) is 2.77. The van der Waals surface area contributed by atoms with Crippen LogP contribution in [-0.2, 0) is 6.42 Å². The van der Waals surface area contributed by atoms with E-state index >= 15 is 0 Å². The fourth-order valence-corrected chi connectivity index (χ4v) is 3.61. The summed E-state index contributed by atoms with van der Waals surface area (Å²) in [5.74, 6) is -0.812. The van der Waals surface area contributed by atoms with Gasteiger partial charge >= 0.3 is 6.18 Å². The van der Waals surface area contributed by atoms with Crippen LogP contribution >= 0.6 is 22.9 Å². The highest BCUT2D eigenvalue weighted by Crippen LogP contribution is 2.44. The second kappa shape index (κ2) is 5.74. The van der Waals surface area contributed by atoms with Gasteiger partial charge in [0.05, 0.1) is 5.92 Å². The van der Waals surface area contributed by atoms with Gasteiger partial charge in [0.25, 0.3) is 0 Å². The van der Waals surface area contributed by atoms with Crippen molar-refractivity contribution in [2.45, 2.75) is 44.2 Å². The molecule has 2 rings (SSSR count). The van der Waals surface area contributed by atoms with Crippen LogP contribution in [0.25, 0.3) is 0 Å². The minimum atomic E-state index is -4.08. The van der Waals surface area contributed by atoms with Gasteiger partial charge in [-0.15, -0.1) is 33.1 Å². The van der Waals surface area contributed by atoms with Crippen molar-refractivity contribution in [1.82, 2.24) is 10.2 Å². The first-order valence-corrected chi connectivity index (χ1v) is 7.30. The first-order chi connectivity index (χ1) is 8.50. The molecular weight excluding hydrogens is 285 g/mol. The Bertz CT molecular complexity index is 394. The molecule has 1 aliphatic carbocycles. The average molecular weight is 299 g/mol. The highest BCUT2D eigenvalue weighted by Gasteiger charge is 2.42. The van der Waals surface area contributed by atoms with Crippen LogP contribution in [0.5, 0.6) is 0 Å². The fraction of sp³-hybridized carbons (Fsp3) is 0.818. The molecule has 0 aliphatic heterocycles. The molecule has 0 spiro atoms. The van der Waals surface area contributed by atoms with Gasteiger partial charge in [-0.05, 0) is 19.3 Å². The molecule has 2 unspecified atom stereocenters. The van der Waals surface area contributed by atoms with E-state index in [2.05, 4.69) is 10.2 Å². The van der Waals surface area contributed by atoms with Gasteiger partial charge in [-0.25, -0.2) is 0 Å². The Kier molecular flexibility index (Phi) is 4.48. The number of rotatable bonds is 3. The largest absolute Gasteiger partial charge is 0.391 e. The third-order valence-corrected chi connectivity index (χ3v) is 4.61. The zero-order chi connectivity index (χ0) is 13.2. The first-order valence-electron chi connectivity index (χ1n) is 5.95. The Balaban J connectivity index is 2.03. The lowest BCUT2D eigenvalue weighted by Crippen LogP contribution is -2.28. The monoisotopic (exact) mass is 298 g/mol. The molecular formula is C11H14ClF3N2S. The number of aromatic nitrogens is 2. The standard InChI is InChI=1S/C11H14ClF3N2S/c12-5-4-9-16-17-10(18-9)7-2-1-3-8(6-7)11(13,14)15/h7-8H,1-6H2. The summed E-state index contributed by atoms with van der Waals surface area (Å²) in [6.07, 6.45) is -1.66. The van der Waals surface area contributed by atoms with E-state index < -0.39 is 12.1 Å². The number of hydrogen-bond acceptors (Lipinski definition) is 3. The van der Waals surface area contributed by atoms with Gasteiger partial charge in [0.1, 0.15) is 10.0 Å². The van der Waals surface area contributed by atoms with Crippen LogP contribution in [0.2, 0.25) is 0 Å². The van der Waals surface area contributed by atoms with Crippen LogP contribution in [0.3, 0.4) is 0 Å². The van der Waals surface area contributed by atoms with Crippen LogP contribution in [-0.4, -0.2) is 22.3 Å². The maximum atomic E-state index is 12.7. The Morgan fingerprint density at radius 2 is 2.06 bits per heavy atom. The van der Waals surface area contributed by atoms with E-state index in [1.165, 1.54) is 11.3 Å². The summed E-state index contributed by atoms with van der Waals surface area (Å²) in [4.78, 5) is 0. The van der Waals surface area contributed by atoms with E-state index in [1.54, 1.807) is 0 Å². The fourth-order valence-electron chi connectivity index (χ4n) is 2.32. The molecule has 0 N–H and O–H groups in total. The lowest BCUT2D eigenvalue weighted by molar-refractivity contribution is -0.183. The number of halogens is 4. The number of nitrogens with zero attached hydrogens (tertiary/aromatic N) is 2. The quantitative estimate of drug-likeness (QED) is 0.783. The predicted octanol–water partition coefficient (Wildman–Crippen LogP) is 4.16. The van der Waals surface area contributed by atoms with Crippen LogP contribution in [0, 0.1) is 5.92 Å². The van der Waals surface area contributed by atoms with Gasteiger partial charge in [-0.2, -0.15) is 13.2 Å². The van der Waals surface area contributed by atoms with Gasteiger partial charge < -0.3 is 0 Å². The maximum absolute atomic E-state index is 12.7. The van der Waals surface area contributed by atoms with E-state index in [4.69, 9.17) is 11.6 Å². The van der Waals surface area contributed by atoms with E-state index in [0.29, 0.717) is 18.7 Å². The second-order valence-electron chi connectivity index (χ2n) is 4.58. The Hall–Kier alpha value is -0.360. The van der Waals surface area contributed by atoms with Crippen molar-refractivity contribution < 1.29 is 13.2 Å². The number of aryl methyl sites for hydroxylation is 1. The van der Waals surface area contributed by atoms with Crippen LogP contribution in [0.15, 0.2) is 0 Å². The molecule has 102 valence electrons. The Morgan fingerprint density at radius 1 is 1.28 bits per heavy atom. The van der Waals surface area contributed by atoms with Gasteiger partial charge in [0, 0.05) is 18.2 Å². The summed E-state index contributed by atoms with van der Waals surface area (Å²) < 4.78 is 38.1. The highest BCUT2D eigenvalue weighted by molar-refractivity contribution is 7.11. The third-order valence-electron chi connectivity index (χ3n) is 3.28. The van der Waals surface area contributed by atoms with Crippen molar-refractivity contribution in [1.29, 1.82) is 0 Å². The summed E-state index contributed by atoms with van der Waals surface area (Å²) in [6.45, 7) is 0. The van der Waals surface area contributed by atoms with Crippen molar-refractivity contribution in [3.63, 3.8) is 0 Å². The van der Waals surface area contributed by atoms with Gasteiger partial charge in [0.2, 0.25) is 0 Å². The third kappa shape index (κ3) is 3.35. The van der Waals surface area contributed by atoms with Gasteiger partial charge in [-0.1, -0.05) is 6.42 Å². The lowest BCUT2D eigenvalue weighted by Gasteiger charge is -2.29. The first kappa shape index (κ1) is 14.1. The topological polar surface area (TPSA) is 25.8 Å². The molecule has 1 aliphatic rings. The molecule has 1 fully saturated rings. The summed E-state index contributed by atoms with van der Waals surface area (Å²) in [7, 11) is 0. The minimum Gasteiger partial charge on any atom is -0.171 e.